The highest BCUT2D eigenvalue weighted by Gasteiger charge is 2.17. The Balaban J connectivity index is 1.69. The molecule has 0 spiro atoms. The van der Waals surface area contributed by atoms with Crippen LogP contribution in [0.2, 0.25) is 5.02 Å². The highest BCUT2D eigenvalue weighted by atomic mass is 35.5. The minimum absolute atomic E-state index is 0.531. The first-order chi connectivity index (χ1) is 10.8. The number of fused-ring (bicyclic) bond motifs is 1. The first-order valence-electron chi connectivity index (χ1n) is 6.85. The molecule has 0 aliphatic carbocycles. The van der Waals surface area contributed by atoms with Crippen molar-refractivity contribution >= 4 is 23.4 Å². The maximum atomic E-state index is 6.24. The lowest BCUT2D eigenvalue weighted by Gasteiger charge is -2.20. The Labute approximate surface area is 137 Å². The van der Waals surface area contributed by atoms with Crippen LogP contribution in [0, 0.1) is 0 Å². The van der Waals surface area contributed by atoms with Crippen LogP contribution in [0.5, 0.6) is 11.5 Å². The van der Waals surface area contributed by atoms with Crippen molar-refractivity contribution in [2.45, 2.75) is 17.5 Å². The van der Waals surface area contributed by atoms with Gasteiger partial charge in [0.25, 0.3) is 0 Å². The third-order valence-corrected chi connectivity index (χ3v) is 4.47. The maximum Gasteiger partial charge on any atom is 0.191 e. The van der Waals surface area contributed by atoms with Crippen LogP contribution in [0.4, 0.5) is 0 Å². The molecule has 0 fully saturated rings. The van der Waals surface area contributed by atoms with E-state index in [9.17, 15) is 0 Å². The van der Waals surface area contributed by atoms with E-state index in [4.69, 9.17) is 25.8 Å². The lowest BCUT2D eigenvalue weighted by molar-refractivity contribution is 0.171. The molecule has 118 valence electrons. The van der Waals surface area contributed by atoms with E-state index in [0.29, 0.717) is 36.3 Å². The monoisotopic (exact) mass is 341 g/mol. The van der Waals surface area contributed by atoms with Crippen molar-refractivity contribution in [3.05, 3.63) is 29.0 Å². The SMILES string of the molecule is COCCn1cnnc1SCc1cc(Cl)c2c(c1)OCCO2. The minimum atomic E-state index is 0.531. The third-order valence-electron chi connectivity index (χ3n) is 3.14. The second-order valence-electron chi connectivity index (χ2n) is 4.69. The number of halogens is 1. The molecule has 0 saturated heterocycles. The van der Waals surface area contributed by atoms with Gasteiger partial charge in [-0.2, -0.15) is 0 Å². The average molecular weight is 342 g/mol. The molecule has 8 heteroatoms. The second-order valence-corrected chi connectivity index (χ2v) is 6.04. The Hall–Kier alpha value is -1.44. The van der Waals surface area contributed by atoms with Crippen molar-refractivity contribution in [2.75, 3.05) is 26.9 Å². The maximum absolute atomic E-state index is 6.24. The first-order valence-corrected chi connectivity index (χ1v) is 8.22. The summed E-state index contributed by atoms with van der Waals surface area (Å²) in [4.78, 5) is 0. The van der Waals surface area contributed by atoms with Crippen LogP contribution in [-0.2, 0) is 17.0 Å². The molecule has 6 nitrogen and oxygen atoms in total. The number of aromatic nitrogens is 3. The Morgan fingerprint density at radius 2 is 2.23 bits per heavy atom. The second kappa shape index (κ2) is 7.21. The number of ether oxygens (including phenoxy) is 3. The molecule has 0 bridgehead atoms. The fourth-order valence-corrected chi connectivity index (χ4v) is 3.25. The van der Waals surface area contributed by atoms with Gasteiger partial charge in [0.15, 0.2) is 16.7 Å². The van der Waals surface area contributed by atoms with Crippen LogP contribution >= 0.6 is 23.4 Å². The summed E-state index contributed by atoms with van der Waals surface area (Å²) in [6, 6.07) is 3.86. The van der Waals surface area contributed by atoms with Gasteiger partial charge in [0.2, 0.25) is 0 Å². The Kier molecular flexibility index (Phi) is 5.07. The Morgan fingerprint density at radius 1 is 1.36 bits per heavy atom. The largest absolute Gasteiger partial charge is 0.486 e. The van der Waals surface area contributed by atoms with Crippen LogP contribution in [0.1, 0.15) is 5.56 Å². The van der Waals surface area contributed by atoms with Crippen LogP contribution < -0.4 is 9.47 Å². The van der Waals surface area contributed by atoms with E-state index in [1.807, 2.05) is 16.7 Å². The van der Waals surface area contributed by atoms with E-state index < -0.39 is 0 Å². The Morgan fingerprint density at radius 3 is 3.09 bits per heavy atom. The molecule has 0 atom stereocenters. The predicted octanol–water partition coefficient (Wildman–Crippen LogP) is 2.64. The zero-order valence-electron chi connectivity index (χ0n) is 12.1. The summed E-state index contributed by atoms with van der Waals surface area (Å²) >= 11 is 7.84. The molecule has 0 unspecified atom stereocenters. The molecule has 1 aliphatic rings. The van der Waals surface area contributed by atoms with E-state index in [1.54, 1.807) is 25.2 Å². The minimum Gasteiger partial charge on any atom is -0.486 e. The number of thioether (sulfide) groups is 1. The van der Waals surface area contributed by atoms with E-state index in [-0.39, 0.29) is 0 Å². The molecular formula is C14H16ClN3O3S. The van der Waals surface area contributed by atoms with Crippen molar-refractivity contribution in [2.24, 2.45) is 0 Å². The molecular weight excluding hydrogens is 326 g/mol. The van der Waals surface area contributed by atoms with Gasteiger partial charge >= 0.3 is 0 Å². The summed E-state index contributed by atoms with van der Waals surface area (Å²) in [5.41, 5.74) is 1.06. The van der Waals surface area contributed by atoms with Crippen molar-refractivity contribution in [1.82, 2.24) is 14.8 Å². The molecule has 2 aromatic rings. The molecule has 3 rings (SSSR count). The van der Waals surface area contributed by atoms with Gasteiger partial charge in [0, 0.05) is 19.4 Å². The van der Waals surface area contributed by atoms with E-state index in [1.165, 1.54) is 0 Å². The topological polar surface area (TPSA) is 58.4 Å². The lowest BCUT2D eigenvalue weighted by Crippen LogP contribution is -2.15. The average Bonchev–Trinajstić information content (AvgIpc) is 2.98. The zero-order valence-corrected chi connectivity index (χ0v) is 13.7. The number of rotatable bonds is 6. The standard InChI is InChI=1S/C14H16ClN3O3S/c1-19-3-2-18-9-16-17-14(18)22-8-10-6-11(15)13-12(7-10)20-4-5-21-13/h6-7,9H,2-5,8H2,1H3. The van der Waals surface area contributed by atoms with E-state index in [0.717, 1.165) is 23.0 Å². The summed E-state index contributed by atoms with van der Waals surface area (Å²) in [6.07, 6.45) is 1.71. The first kappa shape index (κ1) is 15.5. The number of benzene rings is 1. The quantitative estimate of drug-likeness (QED) is 0.753. The molecule has 0 saturated carbocycles. The fraction of sp³-hybridized carbons (Fsp3) is 0.429. The summed E-state index contributed by atoms with van der Waals surface area (Å²) in [6.45, 7) is 2.43. The third kappa shape index (κ3) is 3.48. The van der Waals surface area contributed by atoms with Gasteiger partial charge in [-0.15, -0.1) is 10.2 Å². The molecule has 0 amide bonds. The van der Waals surface area contributed by atoms with E-state index >= 15 is 0 Å². The summed E-state index contributed by atoms with van der Waals surface area (Å²) < 4.78 is 18.2. The van der Waals surface area contributed by atoms with Gasteiger partial charge in [0.05, 0.1) is 11.6 Å². The van der Waals surface area contributed by atoms with Crippen molar-refractivity contribution in [3.63, 3.8) is 0 Å². The molecule has 22 heavy (non-hydrogen) atoms. The van der Waals surface area contributed by atoms with Crippen molar-refractivity contribution in [3.8, 4) is 11.5 Å². The highest BCUT2D eigenvalue weighted by molar-refractivity contribution is 7.98. The van der Waals surface area contributed by atoms with Crippen LogP contribution in [-0.4, -0.2) is 41.7 Å². The van der Waals surface area contributed by atoms with Crippen LogP contribution in [0.15, 0.2) is 23.6 Å². The molecule has 1 aromatic heterocycles. The predicted molar refractivity (Wildman–Crippen MR) is 83.9 cm³/mol. The van der Waals surface area contributed by atoms with Crippen LogP contribution in [0.25, 0.3) is 0 Å². The van der Waals surface area contributed by atoms with Crippen LogP contribution in [0.3, 0.4) is 0 Å². The number of hydrogen-bond acceptors (Lipinski definition) is 6. The molecule has 0 N–H and O–H groups in total. The van der Waals surface area contributed by atoms with Gasteiger partial charge < -0.3 is 18.8 Å². The van der Waals surface area contributed by atoms with Gasteiger partial charge in [0.1, 0.15) is 19.5 Å². The highest BCUT2D eigenvalue weighted by Crippen LogP contribution is 2.39. The van der Waals surface area contributed by atoms with Gasteiger partial charge in [-0.05, 0) is 17.7 Å². The van der Waals surface area contributed by atoms with Gasteiger partial charge in [-0.3, -0.25) is 0 Å². The summed E-state index contributed by atoms with van der Waals surface area (Å²) in [7, 11) is 1.67. The van der Waals surface area contributed by atoms with Crippen molar-refractivity contribution < 1.29 is 14.2 Å². The number of nitrogens with zero attached hydrogens (tertiary/aromatic N) is 3. The van der Waals surface area contributed by atoms with Gasteiger partial charge in [-0.1, -0.05) is 23.4 Å². The molecule has 1 aromatic carbocycles. The van der Waals surface area contributed by atoms with E-state index in [2.05, 4.69) is 10.2 Å². The van der Waals surface area contributed by atoms with Gasteiger partial charge in [-0.25, -0.2) is 0 Å². The number of hydrogen-bond donors (Lipinski definition) is 0. The lowest BCUT2D eigenvalue weighted by atomic mass is 10.2. The normalized spacial score (nSPS) is 13.4. The number of methoxy groups -OCH3 is 1. The smallest absolute Gasteiger partial charge is 0.191 e. The fourth-order valence-electron chi connectivity index (χ4n) is 2.09. The molecule has 0 radical (unpaired) electrons. The molecule has 2 heterocycles. The van der Waals surface area contributed by atoms with Crippen molar-refractivity contribution in [1.29, 1.82) is 0 Å². The molecule has 1 aliphatic heterocycles. The Bertz CT molecular complexity index is 650. The summed E-state index contributed by atoms with van der Waals surface area (Å²) in [5, 5.41) is 9.49. The summed E-state index contributed by atoms with van der Waals surface area (Å²) in [5.74, 6) is 2.06. The zero-order chi connectivity index (χ0) is 15.4.